The van der Waals surface area contributed by atoms with Crippen molar-refractivity contribution in [1.82, 2.24) is 4.67 Å². The Labute approximate surface area is 125 Å². The van der Waals surface area contributed by atoms with Crippen LogP contribution in [0.2, 0.25) is 0 Å². The molecular formula is C15H31N2O2P. The maximum absolute atomic E-state index is 12.9. The Bertz CT molecular complexity index is 342. The van der Waals surface area contributed by atoms with Gasteiger partial charge in [-0.15, -0.1) is 0 Å². The molecule has 0 N–H and O–H groups in total. The molecule has 20 heavy (non-hydrogen) atoms. The minimum Gasteiger partial charge on any atom is -0.304 e. The second-order valence-electron chi connectivity index (χ2n) is 5.82. The summed E-state index contributed by atoms with van der Waals surface area (Å²) in [7, 11) is -3.41. The predicted molar refractivity (Wildman–Crippen MR) is 84.6 cm³/mol. The standard InChI is InChI=1S/C15H31N2O2P/c1-7-9-10-11-15(8-2)19-20(18,12-16)17(13(3)4)14(5)6/h13-15H,7-11H2,1-6H3. The van der Waals surface area contributed by atoms with Gasteiger partial charge < -0.3 is 4.52 Å². The molecule has 2 atom stereocenters. The van der Waals surface area contributed by atoms with Gasteiger partial charge in [0.1, 0.15) is 0 Å². The normalized spacial score (nSPS) is 16.4. The van der Waals surface area contributed by atoms with Gasteiger partial charge in [-0.3, -0.25) is 4.57 Å². The fourth-order valence-corrected chi connectivity index (χ4v) is 4.62. The van der Waals surface area contributed by atoms with Crippen LogP contribution in [0.4, 0.5) is 0 Å². The zero-order valence-electron chi connectivity index (χ0n) is 13.9. The molecule has 5 heteroatoms. The van der Waals surface area contributed by atoms with Gasteiger partial charge in [0, 0.05) is 12.1 Å². The topological polar surface area (TPSA) is 53.3 Å². The van der Waals surface area contributed by atoms with Gasteiger partial charge >= 0.3 is 7.52 Å². The van der Waals surface area contributed by atoms with E-state index in [2.05, 4.69) is 6.92 Å². The molecule has 2 unspecified atom stereocenters. The van der Waals surface area contributed by atoms with Gasteiger partial charge in [-0.05, 0) is 40.5 Å². The molecule has 0 radical (unpaired) electrons. The fourth-order valence-electron chi connectivity index (χ4n) is 2.49. The molecule has 0 saturated carbocycles. The number of nitrogens with zero attached hydrogens (tertiary/aromatic N) is 2. The number of unbranched alkanes of at least 4 members (excludes halogenated alkanes) is 2. The molecule has 118 valence electrons. The monoisotopic (exact) mass is 302 g/mol. The van der Waals surface area contributed by atoms with Crippen LogP contribution in [0.25, 0.3) is 0 Å². The third-order valence-corrected chi connectivity index (χ3v) is 5.73. The summed E-state index contributed by atoms with van der Waals surface area (Å²) in [5.74, 6) is 1.96. The largest absolute Gasteiger partial charge is 0.371 e. The zero-order chi connectivity index (χ0) is 15.8. The molecule has 4 nitrogen and oxygen atoms in total. The molecule has 0 bridgehead atoms. The summed E-state index contributed by atoms with van der Waals surface area (Å²) in [6, 6.07) is 0.0438. The summed E-state index contributed by atoms with van der Waals surface area (Å²) in [5.41, 5.74) is 0. The second kappa shape index (κ2) is 9.55. The van der Waals surface area contributed by atoms with Crippen molar-refractivity contribution in [2.75, 3.05) is 0 Å². The lowest BCUT2D eigenvalue weighted by molar-refractivity contribution is 0.151. The number of nitriles is 1. The van der Waals surface area contributed by atoms with Crippen molar-refractivity contribution >= 4 is 7.52 Å². The number of hydrogen-bond donors (Lipinski definition) is 0. The average Bonchev–Trinajstić information content (AvgIpc) is 2.36. The first kappa shape index (κ1) is 19.6. The molecule has 0 aromatic carbocycles. The van der Waals surface area contributed by atoms with Crippen LogP contribution >= 0.6 is 7.52 Å². The first-order chi connectivity index (χ1) is 9.32. The third kappa shape index (κ3) is 5.95. The van der Waals surface area contributed by atoms with E-state index in [9.17, 15) is 9.83 Å². The minimum atomic E-state index is -3.41. The maximum atomic E-state index is 12.9. The Morgan fingerprint density at radius 1 is 1.15 bits per heavy atom. The quantitative estimate of drug-likeness (QED) is 0.413. The van der Waals surface area contributed by atoms with E-state index in [1.807, 2.05) is 40.4 Å². The van der Waals surface area contributed by atoms with Crippen LogP contribution in [-0.4, -0.2) is 22.9 Å². The highest BCUT2D eigenvalue weighted by Gasteiger charge is 2.38. The van der Waals surface area contributed by atoms with Gasteiger partial charge in [0.2, 0.25) is 0 Å². The molecule has 0 aliphatic carbocycles. The highest BCUT2D eigenvalue weighted by Crippen LogP contribution is 2.53. The molecule has 0 aliphatic rings. The van der Waals surface area contributed by atoms with Crippen molar-refractivity contribution in [3.05, 3.63) is 0 Å². The maximum Gasteiger partial charge on any atom is 0.371 e. The minimum absolute atomic E-state index is 0.0219. The Morgan fingerprint density at radius 3 is 2.05 bits per heavy atom. The smallest absolute Gasteiger partial charge is 0.304 e. The van der Waals surface area contributed by atoms with Crippen molar-refractivity contribution in [2.24, 2.45) is 0 Å². The van der Waals surface area contributed by atoms with Crippen LogP contribution in [0.5, 0.6) is 0 Å². The van der Waals surface area contributed by atoms with E-state index in [-0.39, 0.29) is 18.2 Å². The molecule has 0 aromatic rings. The molecule has 0 spiro atoms. The van der Waals surface area contributed by atoms with E-state index < -0.39 is 7.52 Å². The van der Waals surface area contributed by atoms with Crippen molar-refractivity contribution in [3.8, 4) is 5.81 Å². The molecule has 0 saturated heterocycles. The van der Waals surface area contributed by atoms with Crippen molar-refractivity contribution in [3.63, 3.8) is 0 Å². The summed E-state index contributed by atoms with van der Waals surface area (Å²) < 4.78 is 20.4. The summed E-state index contributed by atoms with van der Waals surface area (Å²) in [4.78, 5) is 0. The average molecular weight is 302 g/mol. The predicted octanol–water partition coefficient (Wildman–Crippen LogP) is 5.15. The van der Waals surface area contributed by atoms with Crippen LogP contribution < -0.4 is 0 Å². The lowest BCUT2D eigenvalue weighted by atomic mass is 10.1. The molecule has 0 aromatic heterocycles. The molecule has 0 aliphatic heterocycles. The first-order valence-electron chi connectivity index (χ1n) is 7.80. The molecule has 0 amide bonds. The zero-order valence-corrected chi connectivity index (χ0v) is 14.8. The van der Waals surface area contributed by atoms with E-state index >= 15 is 0 Å². The molecular weight excluding hydrogens is 271 g/mol. The first-order valence-corrected chi connectivity index (χ1v) is 9.38. The molecule has 0 heterocycles. The van der Waals surface area contributed by atoms with E-state index in [1.54, 1.807) is 4.67 Å². The Balaban J connectivity index is 4.94. The summed E-state index contributed by atoms with van der Waals surface area (Å²) in [6.07, 6.45) is 4.93. The van der Waals surface area contributed by atoms with E-state index in [4.69, 9.17) is 4.52 Å². The summed E-state index contributed by atoms with van der Waals surface area (Å²) in [6.45, 7) is 12.0. The van der Waals surface area contributed by atoms with Gasteiger partial charge in [0.25, 0.3) is 0 Å². The highest BCUT2D eigenvalue weighted by atomic mass is 31.2. The summed E-state index contributed by atoms with van der Waals surface area (Å²) in [5, 5.41) is 9.39. The van der Waals surface area contributed by atoms with Crippen molar-refractivity contribution < 1.29 is 9.09 Å². The number of hydrogen-bond acceptors (Lipinski definition) is 3. The Hall–Kier alpha value is -0.360. The highest BCUT2D eigenvalue weighted by molar-refractivity contribution is 7.61. The molecule has 0 fully saturated rings. The van der Waals surface area contributed by atoms with Crippen molar-refractivity contribution in [1.29, 1.82) is 5.26 Å². The van der Waals surface area contributed by atoms with Crippen molar-refractivity contribution in [2.45, 2.75) is 91.8 Å². The van der Waals surface area contributed by atoms with Crippen LogP contribution in [0, 0.1) is 11.1 Å². The SMILES string of the molecule is CCCCCC(CC)OP(=O)(C#N)N(C(C)C)C(C)C. The second-order valence-corrected chi connectivity index (χ2v) is 7.73. The van der Waals surface area contributed by atoms with Crippen LogP contribution in [0.3, 0.4) is 0 Å². The lowest BCUT2D eigenvalue weighted by Gasteiger charge is -2.34. The number of rotatable bonds is 10. The third-order valence-electron chi connectivity index (χ3n) is 3.37. The summed E-state index contributed by atoms with van der Waals surface area (Å²) >= 11 is 0. The van der Waals surface area contributed by atoms with Crippen LogP contribution in [0.15, 0.2) is 0 Å². The Kier molecular flexibility index (Phi) is 9.38. The van der Waals surface area contributed by atoms with E-state index in [0.717, 1.165) is 32.1 Å². The van der Waals surface area contributed by atoms with Gasteiger partial charge in [-0.1, -0.05) is 33.1 Å². The van der Waals surface area contributed by atoms with E-state index in [1.165, 1.54) is 0 Å². The molecule has 0 rings (SSSR count). The van der Waals surface area contributed by atoms with Gasteiger partial charge in [0.05, 0.1) is 6.10 Å². The van der Waals surface area contributed by atoms with E-state index in [0.29, 0.717) is 0 Å². The lowest BCUT2D eigenvalue weighted by Crippen LogP contribution is -2.35. The van der Waals surface area contributed by atoms with Crippen LogP contribution in [0.1, 0.15) is 73.6 Å². The fraction of sp³-hybridized carbons (Fsp3) is 0.933. The van der Waals surface area contributed by atoms with Gasteiger partial charge in [-0.2, -0.15) is 5.26 Å². The van der Waals surface area contributed by atoms with Gasteiger partial charge in [0.15, 0.2) is 5.81 Å². The Morgan fingerprint density at radius 2 is 1.70 bits per heavy atom. The van der Waals surface area contributed by atoms with Gasteiger partial charge in [-0.25, -0.2) is 4.67 Å². The van der Waals surface area contributed by atoms with Crippen LogP contribution in [-0.2, 0) is 9.09 Å².